The third-order valence-electron chi connectivity index (χ3n) is 4.90. The Labute approximate surface area is 171 Å². The predicted molar refractivity (Wildman–Crippen MR) is 110 cm³/mol. The van der Waals surface area contributed by atoms with E-state index < -0.39 is 6.04 Å². The van der Waals surface area contributed by atoms with Crippen LogP contribution in [-0.4, -0.2) is 26.4 Å². The zero-order valence-electron chi connectivity index (χ0n) is 15.7. The summed E-state index contributed by atoms with van der Waals surface area (Å²) in [5.41, 5.74) is 6.11. The van der Waals surface area contributed by atoms with Crippen LogP contribution in [0.3, 0.4) is 0 Å². The highest BCUT2D eigenvalue weighted by atomic mass is 35.5. The molecule has 0 spiro atoms. The largest absolute Gasteiger partial charge is 0.294 e. The lowest BCUT2D eigenvalue weighted by molar-refractivity contribution is -0.121. The molecule has 1 amide bonds. The van der Waals surface area contributed by atoms with Crippen LogP contribution in [0.4, 0.5) is 0 Å². The Bertz CT molecular complexity index is 1100. The number of nitrogens with two attached hydrogens (primary N) is 1. The van der Waals surface area contributed by atoms with E-state index in [1.807, 2.05) is 35.8 Å². The summed E-state index contributed by atoms with van der Waals surface area (Å²) in [6.45, 7) is 6.08. The van der Waals surface area contributed by atoms with Crippen LogP contribution < -0.4 is 11.3 Å². The van der Waals surface area contributed by atoms with E-state index in [1.165, 1.54) is 4.88 Å². The van der Waals surface area contributed by atoms with Crippen LogP contribution in [0.1, 0.15) is 45.7 Å². The van der Waals surface area contributed by atoms with E-state index in [0.717, 1.165) is 33.2 Å². The first kappa shape index (κ1) is 18.8. The summed E-state index contributed by atoms with van der Waals surface area (Å²) >= 11 is 7.75. The van der Waals surface area contributed by atoms with Crippen molar-refractivity contribution < 1.29 is 4.79 Å². The number of thiophene rings is 1. The fourth-order valence-electron chi connectivity index (χ4n) is 3.37. The highest BCUT2D eigenvalue weighted by Crippen LogP contribution is 2.39. The van der Waals surface area contributed by atoms with E-state index in [0.29, 0.717) is 10.8 Å². The monoisotopic (exact) mass is 414 g/mol. The van der Waals surface area contributed by atoms with Crippen molar-refractivity contribution in [2.24, 2.45) is 10.8 Å². The van der Waals surface area contributed by atoms with E-state index in [2.05, 4.69) is 29.5 Å². The van der Waals surface area contributed by atoms with Crippen molar-refractivity contribution in [3.8, 4) is 5.00 Å². The topological polar surface area (TPSA) is 98.2 Å². The molecule has 1 aliphatic heterocycles. The Morgan fingerprint density at radius 1 is 1.25 bits per heavy atom. The van der Waals surface area contributed by atoms with Crippen LogP contribution in [0.15, 0.2) is 29.3 Å². The molecule has 9 heteroatoms. The van der Waals surface area contributed by atoms with Crippen LogP contribution in [0.2, 0.25) is 5.02 Å². The van der Waals surface area contributed by atoms with Gasteiger partial charge < -0.3 is 0 Å². The third-order valence-corrected chi connectivity index (χ3v) is 6.34. The number of rotatable bonds is 3. The Morgan fingerprint density at radius 2 is 1.96 bits per heavy atom. The van der Waals surface area contributed by atoms with Crippen LogP contribution in [0.25, 0.3) is 5.00 Å². The van der Waals surface area contributed by atoms with Gasteiger partial charge in [-0.2, -0.15) is 0 Å². The summed E-state index contributed by atoms with van der Waals surface area (Å²) < 4.78 is 2.00. The second kappa shape index (κ2) is 7.12. The van der Waals surface area contributed by atoms with Crippen molar-refractivity contribution >= 4 is 34.6 Å². The second-order valence-corrected chi connectivity index (χ2v) is 8.32. The number of hydrazine groups is 1. The Morgan fingerprint density at radius 3 is 2.64 bits per heavy atom. The number of halogens is 1. The quantitative estimate of drug-likeness (QED) is 0.390. The van der Waals surface area contributed by atoms with Crippen LogP contribution in [0, 0.1) is 20.8 Å². The first-order valence-electron chi connectivity index (χ1n) is 8.76. The predicted octanol–water partition coefficient (Wildman–Crippen LogP) is 3.18. The molecule has 3 heterocycles. The number of nitrogens with zero attached hydrogens (tertiary/aromatic N) is 4. The molecule has 0 aliphatic carbocycles. The molecule has 0 radical (unpaired) electrons. The zero-order valence-corrected chi connectivity index (χ0v) is 17.2. The molecule has 144 valence electrons. The molecule has 1 aromatic carbocycles. The Hall–Kier alpha value is -2.55. The van der Waals surface area contributed by atoms with E-state index in [-0.39, 0.29) is 12.3 Å². The number of carbonyl (C=O) groups is 1. The number of nitrogens with one attached hydrogen (secondary N) is 1. The first-order chi connectivity index (χ1) is 13.4. The number of carbonyl (C=O) groups excluding carboxylic acids is 1. The van der Waals surface area contributed by atoms with Gasteiger partial charge in [0, 0.05) is 21.0 Å². The van der Waals surface area contributed by atoms with Gasteiger partial charge in [-0.3, -0.25) is 19.8 Å². The van der Waals surface area contributed by atoms with E-state index in [1.54, 1.807) is 11.3 Å². The first-order valence-corrected chi connectivity index (χ1v) is 9.96. The molecular weight excluding hydrogens is 396 g/mol. The minimum atomic E-state index is -0.505. The molecular formula is C19H19ClN6OS. The van der Waals surface area contributed by atoms with Gasteiger partial charge in [0.25, 0.3) is 0 Å². The number of fused-ring (bicyclic) bond motifs is 3. The maximum Gasteiger partial charge on any atom is 0.236 e. The van der Waals surface area contributed by atoms with Crippen molar-refractivity contribution in [2.45, 2.75) is 33.2 Å². The standard InChI is InChI=1S/C19H19ClN6OS/c1-9-10(2)28-19-16(9)17(12-4-6-13(20)7-5-12)22-14(8-15(27)23-21)18-25-24-11(3)26(18)19/h4-7,14H,8,21H2,1-3H3,(H,23,27)/t14-/m0/s1. The van der Waals surface area contributed by atoms with Gasteiger partial charge >= 0.3 is 0 Å². The molecule has 0 fully saturated rings. The Balaban J connectivity index is 2.01. The van der Waals surface area contributed by atoms with Gasteiger partial charge in [-0.25, -0.2) is 5.84 Å². The van der Waals surface area contributed by atoms with Gasteiger partial charge in [0.15, 0.2) is 5.82 Å². The summed E-state index contributed by atoms with van der Waals surface area (Å²) in [7, 11) is 0. The van der Waals surface area contributed by atoms with Gasteiger partial charge in [-0.05, 0) is 38.5 Å². The minimum Gasteiger partial charge on any atom is -0.294 e. The smallest absolute Gasteiger partial charge is 0.236 e. The molecule has 1 aliphatic rings. The lowest BCUT2D eigenvalue weighted by Gasteiger charge is -2.12. The molecule has 2 aromatic heterocycles. The summed E-state index contributed by atoms with van der Waals surface area (Å²) in [6, 6.07) is 7.05. The Kier molecular flexibility index (Phi) is 4.78. The normalized spacial score (nSPS) is 15.5. The van der Waals surface area contributed by atoms with E-state index in [4.69, 9.17) is 22.4 Å². The number of aryl methyl sites for hydroxylation is 2. The number of hydrogen-bond acceptors (Lipinski definition) is 6. The molecule has 28 heavy (non-hydrogen) atoms. The molecule has 1 atom stereocenters. The minimum absolute atomic E-state index is 0.0820. The zero-order chi connectivity index (χ0) is 20.0. The van der Waals surface area contributed by atoms with Gasteiger partial charge in [0.1, 0.15) is 16.9 Å². The fraction of sp³-hybridized carbons (Fsp3) is 0.263. The van der Waals surface area contributed by atoms with Crippen LogP contribution >= 0.6 is 22.9 Å². The van der Waals surface area contributed by atoms with Gasteiger partial charge in [0.2, 0.25) is 5.91 Å². The third kappa shape index (κ3) is 3.03. The summed E-state index contributed by atoms with van der Waals surface area (Å²) in [4.78, 5) is 18.2. The lowest BCUT2D eigenvalue weighted by Crippen LogP contribution is -2.31. The van der Waals surface area contributed by atoms with Gasteiger partial charge in [-0.15, -0.1) is 21.5 Å². The van der Waals surface area contributed by atoms with Crippen molar-refractivity contribution in [3.05, 3.63) is 62.5 Å². The lowest BCUT2D eigenvalue weighted by atomic mass is 9.99. The average Bonchev–Trinajstić information content (AvgIpc) is 3.15. The molecule has 3 N–H and O–H groups in total. The molecule has 7 nitrogen and oxygen atoms in total. The van der Waals surface area contributed by atoms with Crippen molar-refractivity contribution in [3.63, 3.8) is 0 Å². The maximum absolute atomic E-state index is 12.1. The number of hydrogen-bond donors (Lipinski definition) is 2. The SMILES string of the molecule is Cc1sc2c(c1C)C(c1ccc(Cl)cc1)=N[C@@H](CC(=O)NN)c1nnc(C)n1-2. The highest BCUT2D eigenvalue weighted by molar-refractivity contribution is 7.15. The fourth-order valence-corrected chi connectivity index (χ4v) is 4.71. The molecule has 0 saturated heterocycles. The maximum atomic E-state index is 12.1. The van der Waals surface area contributed by atoms with Gasteiger partial charge in [0.05, 0.1) is 12.1 Å². The summed E-state index contributed by atoms with van der Waals surface area (Å²) in [6.07, 6.45) is 0.0820. The number of aliphatic imine (C=N–C) groups is 1. The van der Waals surface area contributed by atoms with Crippen molar-refractivity contribution in [1.29, 1.82) is 0 Å². The van der Waals surface area contributed by atoms with E-state index in [9.17, 15) is 4.79 Å². The molecule has 4 rings (SSSR count). The van der Waals surface area contributed by atoms with Crippen molar-refractivity contribution in [2.75, 3.05) is 0 Å². The van der Waals surface area contributed by atoms with Gasteiger partial charge in [-0.1, -0.05) is 23.7 Å². The molecule has 0 bridgehead atoms. The second-order valence-electron chi connectivity index (χ2n) is 6.68. The highest BCUT2D eigenvalue weighted by Gasteiger charge is 2.32. The van der Waals surface area contributed by atoms with Crippen molar-refractivity contribution in [1.82, 2.24) is 20.2 Å². The number of benzene rings is 1. The summed E-state index contributed by atoms with van der Waals surface area (Å²) in [5.74, 6) is 6.39. The molecule has 0 saturated carbocycles. The summed E-state index contributed by atoms with van der Waals surface area (Å²) in [5, 5.41) is 10.2. The molecule has 3 aromatic rings. The number of amides is 1. The van der Waals surface area contributed by atoms with E-state index >= 15 is 0 Å². The van der Waals surface area contributed by atoms with Crippen LogP contribution in [0.5, 0.6) is 0 Å². The van der Waals surface area contributed by atoms with Crippen LogP contribution in [-0.2, 0) is 4.79 Å². The number of aromatic nitrogens is 3. The average molecular weight is 415 g/mol. The molecule has 0 unspecified atom stereocenters.